The van der Waals surface area contributed by atoms with Gasteiger partial charge in [-0.3, -0.25) is 4.98 Å². The minimum Gasteiger partial charge on any atom is -0.316 e. The topological polar surface area (TPSA) is 79.4 Å². The summed E-state index contributed by atoms with van der Waals surface area (Å²) in [7, 11) is -3.10. The van der Waals surface area contributed by atoms with Gasteiger partial charge in [0.15, 0.2) is 9.84 Å². The van der Waals surface area contributed by atoms with Crippen LogP contribution in [0.5, 0.6) is 0 Å². The van der Waals surface area contributed by atoms with Crippen molar-refractivity contribution in [2.45, 2.75) is 19.0 Å². The molecule has 1 atom stereocenters. The van der Waals surface area contributed by atoms with Gasteiger partial charge in [-0.15, -0.1) is 0 Å². The normalized spacial score (nSPS) is 18.7. The van der Waals surface area contributed by atoms with Crippen LogP contribution in [-0.2, 0) is 16.4 Å². The number of rotatable bonds is 4. The average Bonchev–Trinajstić information content (AvgIpc) is 2.93. The number of benzene rings is 1. The molecule has 0 aliphatic carbocycles. The second-order valence-electron chi connectivity index (χ2n) is 5.99. The van der Waals surface area contributed by atoms with E-state index in [4.69, 9.17) is 11.6 Å². The fourth-order valence-electron chi connectivity index (χ4n) is 2.84. The second kappa shape index (κ2) is 7.41. The summed E-state index contributed by atoms with van der Waals surface area (Å²) in [4.78, 5) is 18.4. The van der Waals surface area contributed by atoms with Crippen LogP contribution in [0.2, 0.25) is 5.02 Å². The Kier molecular flexibility index (Phi) is 5.24. The van der Waals surface area contributed by atoms with E-state index in [2.05, 4.69) is 10.3 Å². The summed E-state index contributed by atoms with van der Waals surface area (Å²) in [5, 5.41) is 3.31. The summed E-state index contributed by atoms with van der Waals surface area (Å²) in [6.07, 6.45) is 3.76. The quantitative estimate of drug-likeness (QED) is 0.885. The molecule has 8 heteroatoms. The van der Waals surface area contributed by atoms with E-state index in [-0.39, 0.29) is 23.6 Å². The fourth-order valence-corrected chi connectivity index (χ4v) is 4.76. The largest absolute Gasteiger partial charge is 0.322 e. The van der Waals surface area contributed by atoms with Gasteiger partial charge in [-0.25, -0.2) is 13.2 Å². The monoisotopic (exact) mass is 379 g/mol. The highest BCUT2D eigenvalue weighted by atomic mass is 35.5. The smallest absolute Gasteiger partial charge is 0.316 e. The molecule has 1 N–H and O–H groups in total. The molecule has 1 aliphatic heterocycles. The first-order chi connectivity index (χ1) is 11.9. The highest BCUT2D eigenvalue weighted by Gasteiger charge is 2.34. The number of hydrogen-bond acceptors (Lipinski definition) is 4. The standard InChI is InChI=1S/C17H18ClN3O3S/c18-14-4-1-5-15(9-14)20-17(22)21(11-13-3-2-7-19-10-13)16-6-8-25(23,24)12-16/h1-5,7,9-10,16H,6,8,11-12H2,(H,20,22). The molecule has 1 aromatic heterocycles. The van der Waals surface area contributed by atoms with E-state index in [1.165, 1.54) is 0 Å². The van der Waals surface area contributed by atoms with Crippen LogP contribution < -0.4 is 5.32 Å². The van der Waals surface area contributed by atoms with Crippen molar-refractivity contribution in [3.05, 3.63) is 59.4 Å². The van der Waals surface area contributed by atoms with Crippen LogP contribution in [0.3, 0.4) is 0 Å². The maximum Gasteiger partial charge on any atom is 0.322 e. The lowest BCUT2D eigenvalue weighted by Gasteiger charge is -2.28. The third kappa shape index (κ3) is 4.70. The van der Waals surface area contributed by atoms with Gasteiger partial charge in [-0.2, -0.15) is 0 Å². The van der Waals surface area contributed by atoms with Crippen LogP contribution in [0.25, 0.3) is 0 Å². The number of halogens is 1. The first kappa shape index (κ1) is 17.7. The number of nitrogens with zero attached hydrogens (tertiary/aromatic N) is 2. The number of amides is 2. The molecule has 25 heavy (non-hydrogen) atoms. The Morgan fingerprint density at radius 2 is 2.16 bits per heavy atom. The zero-order valence-electron chi connectivity index (χ0n) is 13.4. The molecule has 0 bridgehead atoms. The minimum atomic E-state index is -3.10. The van der Waals surface area contributed by atoms with Gasteiger partial charge in [0, 0.05) is 35.7 Å². The Labute approximate surface area is 151 Å². The van der Waals surface area contributed by atoms with Crippen molar-refractivity contribution < 1.29 is 13.2 Å². The Morgan fingerprint density at radius 1 is 1.32 bits per heavy atom. The third-order valence-electron chi connectivity index (χ3n) is 4.06. The lowest BCUT2D eigenvalue weighted by Crippen LogP contribution is -2.43. The lowest BCUT2D eigenvalue weighted by molar-refractivity contribution is 0.190. The molecule has 1 saturated heterocycles. The molecule has 1 aliphatic rings. The van der Waals surface area contributed by atoms with Gasteiger partial charge in [0.25, 0.3) is 0 Å². The summed E-state index contributed by atoms with van der Waals surface area (Å²) >= 11 is 5.95. The van der Waals surface area contributed by atoms with Crippen LogP contribution in [0.1, 0.15) is 12.0 Å². The maximum atomic E-state index is 12.8. The maximum absolute atomic E-state index is 12.8. The van der Waals surface area contributed by atoms with Gasteiger partial charge in [0.1, 0.15) is 0 Å². The fraction of sp³-hybridized carbons (Fsp3) is 0.294. The SMILES string of the molecule is O=C(Nc1cccc(Cl)c1)N(Cc1cccnc1)C1CCS(=O)(=O)C1. The molecule has 132 valence electrons. The van der Waals surface area contributed by atoms with Gasteiger partial charge in [0.2, 0.25) is 0 Å². The number of hydrogen-bond donors (Lipinski definition) is 1. The predicted octanol–water partition coefficient (Wildman–Crippen LogP) is 2.96. The van der Waals surface area contributed by atoms with E-state index in [1.807, 2.05) is 6.07 Å². The van der Waals surface area contributed by atoms with Crippen molar-refractivity contribution in [1.82, 2.24) is 9.88 Å². The van der Waals surface area contributed by atoms with Gasteiger partial charge in [0.05, 0.1) is 11.5 Å². The van der Waals surface area contributed by atoms with E-state index in [0.29, 0.717) is 23.7 Å². The van der Waals surface area contributed by atoms with Crippen molar-refractivity contribution >= 4 is 33.2 Å². The molecule has 2 aromatic rings. The van der Waals surface area contributed by atoms with E-state index >= 15 is 0 Å². The third-order valence-corrected chi connectivity index (χ3v) is 6.05. The second-order valence-corrected chi connectivity index (χ2v) is 8.65. The van der Waals surface area contributed by atoms with E-state index in [9.17, 15) is 13.2 Å². The summed E-state index contributed by atoms with van der Waals surface area (Å²) in [5.74, 6) is 0.0852. The first-order valence-electron chi connectivity index (χ1n) is 7.85. The molecule has 1 unspecified atom stereocenters. The van der Waals surface area contributed by atoms with Gasteiger partial charge in [-0.1, -0.05) is 23.7 Å². The molecular weight excluding hydrogens is 362 g/mol. The Hall–Kier alpha value is -2.12. The Morgan fingerprint density at radius 3 is 2.80 bits per heavy atom. The number of nitrogens with one attached hydrogen (secondary N) is 1. The summed E-state index contributed by atoms with van der Waals surface area (Å²) in [5.41, 5.74) is 1.41. The highest BCUT2D eigenvalue weighted by molar-refractivity contribution is 7.91. The first-order valence-corrected chi connectivity index (χ1v) is 10.1. The van der Waals surface area contributed by atoms with Gasteiger partial charge in [-0.05, 0) is 36.2 Å². The summed E-state index contributed by atoms with van der Waals surface area (Å²) in [6, 6.07) is 9.77. The molecule has 2 amide bonds. The van der Waals surface area contributed by atoms with Crippen molar-refractivity contribution in [2.75, 3.05) is 16.8 Å². The minimum absolute atomic E-state index is 0.0176. The molecule has 1 aromatic carbocycles. The molecule has 0 spiro atoms. The summed E-state index contributed by atoms with van der Waals surface area (Å²) < 4.78 is 23.7. The number of carbonyl (C=O) groups is 1. The van der Waals surface area contributed by atoms with Crippen molar-refractivity contribution in [1.29, 1.82) is 0 Å². The van der Waals surface area contributed by atoms with Gasteiger partial charge < -0.3 is 10.2 Å². The number of carbonyl (C=O) groups excluding carboxylic acids is 1. The van der Waals surface area contributed by atoms with Crippen molar-refractivity contribution in [2.24, 2.45) is 0 Å². The van der Waals surface area contributed by atoms with Crippen molar-refractivity contribution in [3.8, 4) is 0 Å². The lowest BCUT2D eigenvalue weighted by atomic mass is 10.2. The molecule has 0 radical (unpaired) electrons. The van der Waals surface area contributed by atoms with Crippen LogP contribution >= 0.6 is 11.6 Å². The van der Waals surface area contributed by atoms with Crippen LogP contribution in [-0.4, -0.2) is 41.9 Å². The molecule has 1 fully saturated rings. The van der Waals surface area contributed by atoms with E-state index in [1.54, 1.807) is 47.6 Å². The molecule has 2 heterocycles. The van der Waals surface area contributed by atoms with Gasteiger partial charge >= 0.3 is 6.03 Å². The number of sulfone groups is 1. The average molecular weight is 380 g/mol. The summed E-state index contributed by atoms with van der Waals surface area (Å²) in [6.45, 7) is 0.292. The highest BCUT2D eigenvalue weighted by Crippen LogP contribution is 2.22. The number of urea groups is 1. The van der Waals surface area contributed by atoms with Crippen molar-refractivity contribution in [3.63, 3.8) is 0 Å². The zero-order chi connectivity index (χ0) is 17.9. The molecule has 3 rings (SSSR count). The number of pyridine rings is 1. The Balaban J connectivity index is 1.81. The zero-order valence-corrected chi connectivity index (χ0v) is 15.0. The van der Waals surface area contributed by atoms with Crippen LogP contribution in [0.15, 0.2) is 48.8 Å². The Bertz CT molecular complexity index is 858. The molecule has 0 saturated carbocycles. The predicted molar refractivity (Wildman–Crippen MR) is 97.3 cm³/mol. The van der Waals surface area contributed by atoms with Crippen LogP contribution in [0, 0.1) is 0 Å². The molecular formula is C17H18ClN3O3S. The van der Waals surface area contributed by atoms with E-state index < -0.39 is 9.84 Å². The van der Waals surface area contributed by atoms with Crippen LogP contribution in [0.4, 0.5) is 10.5 Å². The number of aromatic nitrogens is 1. The number of anilines is 1. The van der Waals surface area contributed by atoms with E-state index in [0.717, 1.165) is 5.56 Å². The molecule has 6 nitrogen and oxygen atoms in total.